The average Bonchev–Trinajstić information content (AvgIpc) is 2.48. The van der Waals surface area contributed by atoms with Crippen molar-refractivity contribution in [2.24, 2.45) is 0 Å². The van der Waals surface area contributed by atoms with Gasteiger partial charge in [-0.15, -0.1) is 0 Å². The van der Waals surface area contributed by atoms with E-state index in [9.17, 15) is 5.02 Å². The molecule has 0 aromatic heterocycles. The van der Waals surface area contributed by atoms with Crippen LogP contribution in [0.4, 0.5) is 0 Å². The van der Waals surface area contributed by atoms with E-state index in [0.717, 1.165) is 22.3 Å². The Morgan fingerprint density at radius 1 is 1.54 bits per heavy atom. The van der Waals surface area contributed by atoms with Gasteiger partial charge in [-0.25, -0.2) is 0 Å². The molecule has 4 heteroatoms. The van der Waals surface area contributed by atoms with Gasteiger partial charge in [-0.2, -0.15) is 0 Å². The van der Waals surface area contributed by atoms with Crippen LogP contribution >= 0.6 is 0 Å². The molecule has 0 atom stereocenters. The van der Waals surface area contributed by atoms with E-state index in [0.29, 0.717) is 6.61 Å². The highest BCUT2D eigenvalue weighted by atomic mass is 16.5. The van der Waals surface area contributed by atoms with E-state index in [-0.39, 0.29) is 0 Å². The normalized spacial score (nSPS) is 14.5. The lowest BCUT2D eigenvalue weighted by atomic mass is 9.78. The number of methoxy groups -OCH3 is 1. The van der Waals surface area contributed by atoms with Crippen LogP contribution in [0.2, 0.25) is 0 Å². The largest absolute Gasteiger partial charge is 0.497 e. The molecule has 0 bridgehead atoms. The van der Waals surface area contributed by atoms with Crippen LogP contribution in [0.5, 0.6) is 5.75 Å². The average molecular weight is 178 g/mol. The molecule has 1 aliphatic rings. The molecule has 3 nitrogen and oxygen atoms in total. The van der Waals surface area contributed by atoms with Crippen LogP contribution in [0, 0.1) is 6.92 Å². The molecule has 1 aromatic rings. The Kier molecular flexibility index (Phi) is 2.02. The SMILES string of the molecule is COc1cc(C)c2c(c1)B(O)OC2. The minimum atomic E-state index is -0.788. The molecular formula is C9H11BO3. The summed E-state index contributed by atoms with van der Waals surface area (Å²) in [5, 5.41) is 9.45. The van der Waals surface area contributed by atoms with Gasteiger partial charge in [0.2, 0.25) is 0 Å². The van der Waals surface area contributed by atoms with Crippen molar-refractivity contribution >= 4 is 12.6 Å². The predicted molar refractivity (Wildman–Crippen MR) is 50.1 cm³/mol. The second kappa shape index (κ2) is 3.05. The fourth-order valence-electron chi connectivity index (χ4n) is 1.60. The van der Waals surface area contributed by atoms with Crippen molar-refractivity contribution < 1.29 is 14.4 Å². The van der Waals surface area contributed by atoms with E-state index in [2.05, 4.69) is 0 Å². The van der Waals surface area contributed by atoms with E-state index in [1.165, 1.54) is 0 Å². The van der Waals surface area contributed by atoms with Crippen molar-refractivity contribution in [2.45, 2.75) is 13.5 Å². The van der Waals surface area contributed by atoms with Gasteiger partial charge in [0.1, 0.15) is 5.75 Å². The van der Waals surface area contributed by atoms with E-state index < -0.39 is 7.12 Å². The van der Waals surface area contributed by atoms with Crippen LogP contribution in [0.3, 0.4) is 0 Å². The van der Waals surface area contributed by atoms with Crippen LogP contribution in [0.25, 0.3) is 0 Å². The van der Waals surface area contributed by atoms with Gasteiger partial charge in [-0.3, -0.25) is 0 Å². The Morgan fingerprint density at radius 2 is 2.31 bits per heavy atom. The minimum Gasteiger partial charge on any atom is -0.497 e. The van der Waals surface area contributed by atoms with Crippen molar-refractivity contribution in [3.05, 3.63) is 23.3 Å². The van der Waals surface area contributed by atoms with Gasteiger partial charge in [0.05, 0.1) is 13.7 Å². The molecule has 0 radical (unpaired) electrons. The molecule has 2 rings (SSSR count). The Hall–Kier alpha value is -0.995. The summed E-state index contributed by atoms with van der Waals surface area (Å²) in [5.41, 5.74) is 3.01. The van der Waals surface area contributed by atoms with Crippen molar-refractivity contribution in [2.75, 3.05) is 7.11 Å². The number of aryl methyl sites for hydroxylation is 1. The topological polar surface area (TPSA) is 38.7 Å². The van der Waals surface area contributed by atoms with Gasteiger partial charge in [0.15, 0.2) is 0 Å². The first-order valence-corrected chi connectivity index (χ1v) is 4.19. The molecule has 1 aromatic carbocycles. The lowest BCUT2D eigenvalue weighted by Gasteiger charge is -2.06. The molecule has 1 heterocycles. The number of hydrogen-bond donors (Lipinski definition) is 1. The maximum Gasteiger partial charge on any atom is 0.491 e. The standard InChI is InChI=1S/C9H11BO3/c1-6-3-7(12-2)4-9-8(6)5-13-10(9)11/h3-4,11H,5H2,1-2H3. The molecule has 0 spiro atoms. The highest BCUT2D eigenvalue weighted by molar-refractivity contribution is 6.61. The molecule has 0 saturated heterocycles. The lowest BCUT2D eigenvalue weighted by Crippen LogP contribution is -2.28. The predicted octanol–water partition coefficient (Wildman–Crippen LogP) is 0.221. The fourth-order valence-corrected chi connectivity index (χ4v) is 1.60. The highest BCUT2D eigenvalue weighted by Gasteiger charge is 2.28. The maximum atomic E-state index is 9.45. The molecule has 68 valence electrons. The number of fused-ring (bicyclic) bond motifs is 1. The Morgan fingerprint density at radius 3 is 3.00 bits per heavy atom. The van der Waals surface area contributed by atoms with Crippen LogP contribution in [-0.2, 0) is 11.3 Å². The molecule has 0 amide bonds. The van der Waals surface area contributed by atoms with E-state index in [1.807, 2.05) is 19.1 Å². The summed E-state index contributed by atoms with van der Waals surface area (Å²) >= 11 is 0. The zero-order valence-corrected chi connectivity index (χ0v) is 7.70. The van der Waals surface area contributed by atoms with Crippen molar-refractivity contribution in [3.8, 4) is 5.75 Å². The van der Waals surface area contributed by atoms with Crippen LogP contribution in [-0.4, -0.2) is 19.3 Å². The second-order valence-electron chi connectivity index (χ2n) is 3.18. The van der Waals surface area contributed by atoms with Crippen molar-refractivity contribution in [3.63, 3.8) is 0 Å². The summed E-state index contributed by atoms with van der Waals surface area (Å²) in [6, 6.07) is 3.76. The third-order valence-corrected chi connectivity index (χ3v) is 2.37. The zero-order chi connectivity index (χ0) is 9.42. The monoisotopic (exact) mass is 178 g/mol. The summed E-state index contributed by atoms with van der Waals surface area (Å²) in [7, 11) is 0.826. The highest BCUT2D eigenvalue weighted by Crippen LogP contribution is 2.20. The number of rotatable bonds is 1. The Bertz CT molecular complexity index is 338. The first-order valence-electron chi connectivity index (χ1n) is 4.19. The molecule has 0 aliphatic carbocycles. The quantitative estimate of drug-likeness (QED) is 0.625. The fraction of sp³-hybridized carbons (Fsp3) is 0.333. The van der Waals surface area contributed by atoms with E-state index in [4.69, 9.17) is 9.39 Å². The molecule has 0 saturated carbocycles. The Labute approximate surface area is 77.4 Å². The molecule has 0 fully saturated rings. The van der Waals surface area contributed by atoms with Gasteiger partial charge in [-0.1, -0.05) is 0 Å². The third-order valence-electron chi connectivity index (χ3n) is 2.37. The minimum absolute atomic E-state index is 0.492. The second-order valence-corrected chi connectivity index (χ2v) is 3.18. The molecule has 13 heavy (non-hydrogen) atoms. The summed E-state index contributed by atoms with van der Waals surface area (Å²) in [6.07, 6.45) is 0. The van der Waals surface area contributed by atoms with Gasteiger partial charge >= 0.3 is 7.12 Å². The van der Waals surface area contributed by atoms with E-state index in [1.54, 1.807) is 7.11 Å². The Balaban J connectivity index is 2.53. The molecular weight excluding hydrogens is 167 g/mol. The molecule has 0 unspecified atom stereocenters. The molecule has 1 N–H and O–H groups in total. The first-order chi connectivity index (χ1) is 6.22. The van der Waals surface area contributed by atoms with Gasteiger partial charge in [0.25, 0.3) is 0 Å². The number of benzene rings is 1. The number of hydrogen-bond acceptors (Lipinski definition) is 3. The van der Waals surface area contributed by atoms with Gasteiger partial charge in [0, 0.05) is 0 Å². The van der Waals surface area contributed by atoms with Gasteiger partial charge in [-0.05, 0) is 35.6 Å². The molecule has 1 aliphatic heterocycles. The zero-order valence-electron chi connectivity index (χ0n) is 7.70. The van der Waals surface area contributed by atoms with Crippen molar-refractivity contribution in [1.82, 2.24) is 0 Å². The smallest absolute Gasteiger partial charge is 0.491 e. The first kappa shape index (κ1) is 8.60. The van der Waals surface area contributed by atoms with Crippen LogP contribution < -0.4 is 10.2 Å². The lowest BCUT2D eigenvalue weighted by molar-refractivity contribution is 0.275. The van der Waals surface area contributed by atoms with Crippen LogP contribution in [0.1, 0.15) is 11.1 Å². The van der Waals surface area contributed by atoms with E-state index >= 15 is 0 Å². The number of ether oxygens (including phenoxy) is 1. The van der Waals surface area contributed by atoms with Gasteiger partial charge < -0.3 is 14.4 Å². The maximum absolute atomic E-state index is 9.45. The summed E-state index contributed by atoms with van der Waals surface area (Å²) in [4.78, 5) is 0. The summed E-state index contributed by atoms with van der Waals surface area (Å²) < 4.78 is 10.2. The van der Waals surface area contributed by atoms with Crippen molar-refractivity contribution in [1.29, 1.82) is 0 Å². The summed E-state index contributed by atoms with van der Waals surface area (Å²) in [5.74, 6) is 0.765. The third kappa shape index (κ3) is 1.32. The van der Waals surface area contributed by atoms with Crippen LogP contribution in [0.15, 0.2) is 12.1 Å². The summed E-state index contributed by atoms with van der Waals surface area (Å²) in [6.45, 7) is 2.48.